The number of allylic oxidation sites excluding steroid dienone is 1. The molecule has 4 aliphatic carbocycles. The van der Waals surface area contributed by atoms with Gasteiger partial charge in [-0.15, -0.1) is 12.4 Å². The predicted octanol–water partition coefficient (Wildman–Crippen LogP) is 5.48. The number of oxime groups is 1. The van der Waals surface area contributed by atoms with Crippen LogP contribution in [-0.2, 0) is 14.4 Å². The van der Waals surface area contributed by atoms with Crippen LogP contribution in [0.25, 0.3) is 0 Å². The molecule has 5 aliphatic rings. The first-order valence-corrected chi connectivity index (χ1v) is 13.0. The van der Waals surface area contributed by atoms with Crippen molar-refractivity contribution in [2.45, 2.75) is 85.0 Å². The first-order chi connectivity index (χ1) is 15.3. The molecule has 0 aromatic heterocycles. The van der Waals surface area contributed by atoms with Gasteiger partial charge in [0, 0.05) is 18.9 Å². The molecule has 184 valence electrons. The standard InChI is InChI=1S/C27H40N2O3.ClH/c1-17(29-32-25(31)18-5-4-14-28-16-18)22-8-9-23-21-7-6-19-15-20(30)10-12-26(19,2)24(21)11-13-27(22,23)3;/h15,18,21-24,28H,4-14,16H2,1-3H3;1H/t18-,21-,22+,23-,24-,26-,27+;/m0./s1. The molecule has 33 heavy (non-hydrogen) atoms. The van der Waals surface area contributed by atoms with E-state index in [0.29, 0.717) is 30.1 Å². The highest BCUT2D eigenvalue weighted by Gasteiger charge is 2.59. The molecule has 6 heteroatoms. The molecule has 5 nitrogen and oxygen atoms in total. The lowest BCUT2D eigenvalue weighted by molar-refractivity contribution is -0.149. The molecular formula is C27H41ClN2O3. The zero-order valence-electron chi connectivity index (χ0n) is 20.5. The lowest BCUT2D eigenvalue weighted by Gasteiger charge is -2.58. The van der Waals surface area contributed by atoms with E-state index in [1.165, 1.54) is 31.3 Å². The number of ketones is 1. The highest BCUT2D eigenvalue weighted by molar-refractivity contribution is 5.91. The van der Waals surface area contributed by atoms with Crippen molar-refractivity contribution in [3.8, 4) is 0 Å². The minimum Gasteiger partial charge on any atom is -0.318 e. The van der Waals surface area contributed by atoms with Crippen LogP contribution in [0.1, 0.15) is 85.0 Å². The third kappa shape index (κ3) is 4.22. The first-order valence-electron chi connectivity index (χ1n) is 13.0. The smallest absolute Gasteiger partial charge is 0.318 e. The molecule has 0 aromatic rings. The maximum atomic E-state index is 12.5. The van der Waals surface area contributed by atoms with Crippen molar-refractivity contribution in [3.05, 3.63) is 11.6 Å². The number of rotatable bonds is 3. The molecule has 1 heterocycles. The number of nitrogens with zero attached hydrogens (tertiary/aromatic N) is 1. The minimum absolute atomic E-state index is 0. The Kier molecular flexibility index (Phi) is 7.13. The number of hydrogen-bond acceptors (Lipinski definition) is 5. The largest absolute Gasteiger partial charge is 0.339 e. The molecule has 0 radical (unpaired) electrons. The van der Waals surface area contributed by atoms with Gasteiger partial charge in [0.2, 0.25) is 0 Å². The van der Waals surface area contributed by atoms with Gasteiger partial charge in [-0.3, -0.25) is 4.79 Å². The fourth-order valence-electron chi connectivity index (χ4n) is 8.55. The Labute approximate surface area is 204 Å². The third-order valence-corrected chi connectivity index (χ3v) is 10.4. The fourth-order valence-corrected chi connectivity index (χ4v) is 8.55. The van der Waals surface area contributed by atoms with E-state index in [2.05, 4.69) is 31.2 Å². The Morgan fingerprint density at radius 1 is 1.09 bits per heavy atom. The molecule has 0 unspecified atom stereocenters. The Morgan fingerprint density at radius 3 is 2.67 bits per heavy atom. The molecule has 7 atom stereocenters. The third-order valence-electron chi connectivity index (χ3n) is 10.4. The molecule has 0 bridgehead atoms. The number of halogens is 1. The van der Waals surface area contributed by atoms with Crippen molar-refractivity contribution < 1.29 is 14.4 Å². The lowest BCUT2D eigenvalue weighted by atomic mass is 9.46. The lowest BCUT2D eigenvalue weighted by Crippen LogP contribution is -2.51. The van der Waals surface area contributed by atoms with Gasteiger partial charge >= 0.3 is 5.97 Å². The molecule has 0 spiro atoms. The molecule has 1 N–H and O–H groups in total. The summed E-state index contributed by atoms with van der Waals surface area (Å²) in [4.78, 5) is 30.0. The molecule has 0 amide bonds. The van der Waals surface area contributed by atoms with E-state index in [0.717, 1.165) is 56.7 Å². The van der Waals surface area contributed by atoms with Crippen molar-refractivity contribution >= 4 is 29.9 Å². The summed E-state index contributed by atoms with van der Waals surface area (Å²) in [6, 6.07) is 0. The van der Waals surface area contributed by atoms with Gasteiger partial charge in [0.25, 0.3) is 0 Å². The normalized spacial score (nSPS) is 42.9. The van der Waals surface area contributed by atoms with Gasteiger partial charge in [-0.05, 0) is 106 Å². The van der Waals surface area contributed by atoms with Gasteiger partial charge in [0.1, 0.15) is 0 Å². The van der Waals surface area contributed by atoms with Gasteiger partial charge in [0.05, 0.1) is 11.6 Å². The van der Waals surface area contributed by atoms with Crippen molar-refractivity contribution in [2.24, 2.45) is 45.6 Å². The summed E-state index contributed by atoms with van der Waals surface area (Å²) in [6.07, 6.45) is 12.9. The summed E-state index contributed by atoms with van der Waals surface area (Å²) in [7, 11) is 0. The maximum Gasteiger partial charge on any atom is 0.339 e. The van der Waals surface area contributed by atoms with Crippen LogP contribution in [0.15, 0.2) is 16.8 Å². The van der Waals surface area contributed by atoms with Crippen LogP contribution in [0.2, 0.25) is 0 Å². The summed E-state index contributed by atoms with van der Waals surface area (Å²) < 4.78 is 0. The Hall–Kier alpha value is -1.20. The number of fused-ring (bicyclic) bond motifs is 5. The highest BCUT2D eigenvalue weighted by Crippen LogP contribution is 2.66. The summed E-state index contributed by atoms with van der Waals surface area (Å²) in [5.74, 6) is 2.68. The van der Waals surface area contributed by atoms with Crippen LogP contribution in [-0.4, -0.2) is 30.6 Å². The average Bonchev–Trinajstić information content (AvgIpc) is 3.15. The van der Waals surface area contributed by atoms with Crippen LogP contribution in [0.5, 0.6) is 0 Å². The monoisotopic (exact) mass is 476 g/mol. The summed E-state index contributed by atoms with van der Waals surface area (Å²) >= 11 is 0. The van der Waals surface area contributed by atoms with E-state index >= 15 is 0 Å². The van der Waals surface area contributed by atoms with Crippen LogP contribution < -0.4 is 5.32 Å². The Morgan fingerprint density at radius 2 is 1.91 bits per heavy atom. The Balaban J connectivity index is 0.00000259. The topological polar surface area (TPSA) is 67.8 Å². The second kappa shape index (κ2) is 9.45. The van der Waals surface area contributed by atoms with Crippen LogP contribution in [0.4, 0.5) is 0 Å². The second-order valence-corrected chi connectivity index (χ2v) is 11.8. The highest BCUT2D eigenvalue weighted by atomic mass is 35.5. The summed E-state index contributed by atoms with van der Waals surface area (Å²) in [5, 5.41) is 7.68. The summed E-state index contributed by atoms with van der Waals surface area (Å²) in [6.45, 7) is 8.70. The van der Waals surface area contributed by atoms with E-state index in [1.54, 1.807) is 0 Å². The zero-order chi connectivity index (χ0) is 22.5. The quantitative estimate of drug-likeness (QED) is 0.333. The minimum atomic E-state index is -0.175. The fraction of sp³-hybridized carbons (Fsp3) is 0.815. The van der Waals surface area contributed by atoms with Crippen LogP contribution >= 0.6 is 12.4 Å². The molecule has 1 aliphatic heterocycles. The van der Waals surface area contributed by atoms with Crippen molar-refractivity contribution in [1.82, 2.24) is 5.32 Å². The predicted molar refractivity (Wildman–Crippen MR) is 132 cm³/mol. The molecule has 5 rings (SSSR count). The van der Waals surface area contributed by atoms with Crippen LogP contribution in [0, 0.1) is 40.4 Å². The number of piperidine rings is 1. The van der Waals surface area contributed by atoms with Gasteiger partial charge in [-0.2, -0.15) is 0 Å². The van der Waals surface area contributed by atoms with E-state index in [-0.39, 0.29) is 35.1 Å². The zero-order valence-corrected chi connectivity index (χ0v) is 21.3. The van der Waals surface area contributed by atoms with Gasteiger partial charge in [0.15, 0.2) is 5.78 Å². The van der Waals surface area contributed by atoms with Crippen molar-refractivity contribution in [1.29, 1.82) is 0 Å². The van der Waals surface area contributed by atoms with Gasteiger partial charge < -0.3 is 10.2 Å². The summed E-state index contributed by atoms with van der Waals surface area (Å²) in [5.41, 5.74) is 2.92. The molecule has 3 saturated carbocycles. The molecular weight excluding hydrogens is 436 g/mol. The maximum absolute atomic E-state index is 12.5. The number of nitrogens with one attached hydrogen (secondary N) is 1. The van der Waals surface area contributed by atoms with Gasteiger partial charge in [-0.25, -0.2) is 4.79 Å². The van der Waals surface area contributed by atoms with Crippen molar-refractivity contribution in [2.75, 3.05) is 13.1 Å². The van der Waals surface area contributed by atoms with E-state index < -0.39 is 0 Å². The SMILES string of the molecule is CC(=NOC(=O)[C@H]1CCCNC1)[C@H]1CC[C@H]2[C@@H]3CCC4=CC(=O)CC[C@]4(C)[C@H]3CC[C@]12C.Cl. The first kappa shape index (κ1) is 24.9. The molecule has 1 saturated heterocycles. The second-order valence-electron chi connectivity index (χ2n) is 11.8. The average molecular weight is 477 g/mol. The number of hydrogen-bond donors (Lipinski definition) is 1. The van der Waals surface area contributed by atoms with Crippen LogP contribution in [0.3, 0.4) is 0 Å². The Bertz CT molecular complexity index is 848. The van der Waals surface area contributed by atoms with Gasteiger partial charge in [-0.1, -0.05) is 24.6 Å². The van der Waals surface area contributed by atoms with Crippen molar-refractivity contribution in [3.63, 3.8) is 0 Å². The van der Waals surface area contributed by atoms with E-state index in [4.69, 9.17) is 4.84 Å². The number of carbonyl (C=O) groups excluding carboxylic acids is 2. The molecule has 4 fully saturated rings. The van der Waals surface area contributed by atoms with E-state index in [1.807, 2.05) is 6.08 Å². The number of carbonyl (C=O) groups is 2. The van der Waals surface area contributed by atoms with E-state index in [9.17, 15) is 9.59 Å². The molecule has 0 aromatic carbocycles.